The number of halogens is 1. The maximum Gasteiger partial charge on any atom is 0.225 e. The second-order valence-electron chi connectivity index (χ2n) is 8.01. The number of anilines is 1. The molecule has 2 saturated carbocycles. The summed E-state index contributed by atoms with van der Waals surface area (Å²) < 4.78 is 5.97. The lowest BCUT2D eigenvalue weighted by Crippen LogP contribution is -2.69. The lowest BCUT2D eigenvalue weighted by molar-refractivity contribution is -0.168. The summed E-state index contributed by atoms with van der Waals surface area (Å²) in [6, 6.07) is 2.69. The molecule has 1 aliphatic heterocycles. The summed E-state index contributed by atoms with van der Waals surface area (Å²) in [4.78, 5) is 15.6. The van der Waals surface area contributed by atoms with Gasteiger partial charge in [-0.2, -0.15) is 0 Å². The van der Waals surface area contributed by atoms with E-state index < -0.39 is 0 Å². The number of hydrogen-bond acceptors (Lipinski definition) is 5. The molecular formula is C20H33IN6O. The van der Waals surface area contributed by atoms with Crippen LogP contribution in [0.4, 0.5) is 5.95 Å². The minimum Gasteiger partial charge on any atom is -0.378 e. The Morgan fingerprint density at radius 1 is 1.29 bits per heavy atom. The zero-order chi connectivity index (χ0) is 18.7. The summed E-state index contributed by atoms with van der Waals surface area (Å²) in [6.07, 6.45) is 11.3. The number of hydrogen-bond donors (Lipinski definition) is 2. The van der Waals surface area contributed by atoms with Crippen molar-refractivity contribution in [2.75, 3.05) is 31.6 Å². The molecular weight excluding hydrogens is 467 g/mol. The number of ether oxygens (including phenoxy) is 1. The summed E-state index contributed by atoms with van der Waals surface area (Å²) in [5.74, 6) is 1.74. The number of aromatic nitrogens is 2. The molecule has 2 N–H and O–H groups in total. The van der Waals surface area contributed by atoms with Gasteiger partial charge in [-0.15, -0.1) is 24.0 Å². The van der Waals surface area contributed by atoms with Gasteiger partial charge in [0.1, 0.15) is 0 Å². The third-order valence-electron chi connectivity index (χ3n) is 6.57. The van der Waals surface area contributed by atoms with E-state index in [4.69, 9.17) is 4.74 Å². The van der Waals surface area contributed by atoms with Gasteiger partial charge >= 0.3 is 0 Å². The molecule has 0 amide bonds. The molecule has 2 heterocycles. The van der Waals surface area contributed by atoms with Crippen LogP contribution < -0.4 is 15.5 Å². The summed E-state index contributed by atoms with van der Waals surface area (Å²) in [5.41, 5.74) is 0.337. The summed E-state index contributed by atoms with van der Waals surface area (Å²) in [7, 11) is 1.86. The lowest BCUT2D eigenvalue weighted by Gasteiger charge is -2.61. The maximum absolute atomic E-state index is 5.97. The van der Waals surface area contributed by atoms with E-state index in [-0.39, 0.29) is 24.0 Å². The average molecular weight is 500 g/mol. The molecule has 0 aromatic carbocycles. The number of aliphatic imine (C=N–C) groups is 1. The third-order valence-corrected chi connectivity index (χ3v) is 6.57. The Morgan fingerprint density at radius 3 is 2.71 bits per heavy atom. The standard InChI is InChI=1S/C20H32N6O.HI/c1-3-27-17-13-16(20(17)8-5-9-20)25-18(21-2)24-15-7-4-12-26(14-15)19-22-10-6-11-23-19;/h6,10-11,15-17H,3-5,7-9,12-14H2,1-2H3,(H2,21,24,25);1H. The quantitative estimate of drug-likeness (QED) is 0.368. The highest BCUT2D eigenvalue weighted by Gasteiger charge is 2.59. The van der Waals surface area contributed by atoms with Crippen LogP contribution in [0.3, 0.4) is 0 Å². The summed E-state index contributed by atoms with van der Waals surface area (Å²) in [6.45, 7) is 4.82. The van der Waals surface area contributed by atoms with E-state index in [0.717, 1.165) is 50.9 Å². The van der Waals surface area contributed by atoms with Crippen LogP contribution in [0.1, 0.15) is 45.4 Å². The molecule has 28 heavy (non-hydrogen) atoms. The largest absolute Gasteiger partial charge is 0.378 e. The second-order valence-corrected chi connectivity index (χ2v) is 8.01. The van der Waals surface area contributed by atoms with Gasteiger partial charge in [0.2, 0.25) is 5.95 Å². The Balaban J connectivity index is 0.00000225. The first-order valence-electron chi connectivity index (χ1n) is 10.4. The molecule has 1 aromatic rings. The van der Waals surface area contributed by atoms with Crippen molar-refractivity contribution in [3.63, 3.8) is 0 Å². The Labute approximate surface area is 185 Å². The molecule has 0 radical (unpaired) electrons. The van der Waals surface area contributed by atoms with E-state index in [0.29, 0.717) is 23.6 Å². The third kappa shape index (κ3) is 4.22. The van der Waals surface area contributed by atoms with Gasteiger partial charge < -0.3 is 20.3 Å². The van der Waals surface area contributed by atoms with Crippen LogP contribution in [0.5, 0.6) is 0 Å². The molecule has 0 bridgehead atoms. The molecule has 8 heteroatoms. The van der Waals surface area contributed by atoms with Gasteiger partial charge in [-0.1, -0.05) is 6.42 Å². The molecule has 3 unspecified atom stereocenters. The van der Waals surface area contributed by atoms with Crippen molar-refractivity contribution in [3.05, 3.63) is 18.5 Å². The average Bonchev–Trinajstić information content (AvgIpc) is 2.66. The molecule has 1 spiro atoms. The molecule has 156 valence electrons. The highest BCUT2D eigenvalue weighted by molar-refractivity contribution is 14.0. The van der Waals surface area contributed by atoms with Crippen LogP contribution >= 0.6 is 24.0 Å². The fourth-order valence-electron chi connectivity index (χ4n) is 4.90. The first-order valence-corrected chi connectivity index (χ1v) is 10.4. The normalized spacial score (nSPS) is 28.7. The number of nitrogens with one attached hydrogen (secondary N) is 2. The fourth-order valence-corrected chi connectivity index (χ4v) is 4.90. The van der Waals surface area contributed by atoms with E-state index in [9.17, 15) is 0 Å². The van der Waals surface area contributed by atoms with Crippen molar-refractivity contribution in [2.24, 2.45) is 10.4 Å². The van der Waals surface area contributed by atoms with Crippen LogP contribution in [0.15, 0.2) is 23.5 Å². The first-order chi connectivity index (χ1) is 13.2. The second kappa shape index (κ2) is 9.56. The Hall–Kier alpha value is -1.16. The molecule has 3 fully saturated rings. The number of nitrogens with zero attached hydrogens (tertiary/aromatic N) is 4. The van der Waals surface area contributed by atoms with Crippen LogP contribution in [0.25, 0.3) is 0 Å². The van der Waals surface area contributed by atoms with E-state index in [1.165, 1.54) is 19.3 Å². The maximum atomic E-state index is 5.97. The Bertz CT molecular complexity index is 653. The van der Waals surface area contributed by atoms with Gasteiger partial charge in [-0.3, -0.25) is 4.99 Å². The predicted molar refractivity (Wildman–Crippen MR) is 122 cm³/mol. The van der Waals surface area contributed by atoms with E-state index >= 15 is 0 Å². The van der Waals surface area contributed by atoms with Crippen molar-refractivity contribution in [3.8, 4) is 0 Å². The summed E-state index contributed by atoms with van der Waals surface area (Å²) in [5, 5.41) is 7.33. The molecule has 1 aromatic heterocycles. The fraction of sp³-hybridized carbons (Fsp3) is 0.750. The minimum absolute atomic E-state index is 0. The smallest absolute Gasteiger partial charge is 0.225 e. The molecule has 4 rings (SSSR count). The summed E-state index contributed by atoms with van der Waals surface area (Å²) >= 11 is 0. The Kier molecular flexibility index (Phi) is 7.36. The zero-order valence-electron chi connectivity index (χ0n) is 16.9. The topological polar surface area (TPSA) is 74.7 Å². The first kappa shape index (κ1) is 21.5. The van der Waals surface area contributed by atoms with Crippen LogP contribution in [-0.4, -0.2) is 60.9 Å². The van der Waals surface area contributed by atoms with E-state index in [2.05, 4.69) is 37.4 Å². The molecule has 3 aliphatic rings. The molecule has 7 nitrogen and oxygen atoms in total. The number of piperidine rings is 1. The predicted octanol–water partition coefficient (Wildman–Crippen LogP) is 2.58. The van der Waals surface area contributed by atoms with Crippen molar-refractivity contribution >= 4 is 35.9 Å². The highest BCUT2D eigenvalue weighted by atomic mass is 127. The number of rotatable bonds is 5. The number of guanidine groups is 1. The SMILES string of the molecule is CCOC1CC(NC(=NC)NC2CCCN(c3ncccn3)C2)C12CCC2.I. The molecule has 3 atom stereocenters. The zero-order valence-corrected chi connectivity index (χ0v) is 19.3. The minimum atomic E-state index is 0. The van der Waals surface area contributed by atoms with Gasteiger partial charge in [-0.25, -0.2) is 9.97 Å². The lowest BCUT2D eigenvalue weighted by atomic mass is 9.51. The molecule has 1 saturated heterocycles. The Morgan fingerprint density at radius 2 is 2.07 bits per heavy atom. The van der Waals surface area contributed by atoms with Gasteiger partial charge in [0.15, 0.2) is 5.96 Å². The van der Waals surface area contributed by atoms with Gasteiger partial charge in [-0.05, 0) is 45.1 Å². The molecule has 2 aliphatic carbocycles. The van der Waals surface area contributed by atoms with Gasteiger partial charge in [0, 0.05) is 56.6 Å². The van der Waals surface area contributed by atoms with E-state index in [1.807, 2.05) is 25.5 Å². The van der Waals surface area contributed by atoms with Crippen molar-refractivity contribution in [1.82, 2.24) is 20.6 Å². The van der Waals surface area contributed by atoms with Crippen LogP contribution in [-0.2, 0) is 4.74 Å². The van der Waals surface area contributed by atoms with Crippen molar-refractivity contribution in [1.29, 1.82) is 0 Å². The van der Waals surface area contributed by atoms with Gasteiger partial charge in [0.05, 0.1) is 6.10 Å². The monoisotopic (exact) mass is 500 g/mol. The van der Waals surface area contributed by atoms with Crippen molar-refractivity contribution < 1.29 is 4.74 Å². The van der Waals surface area contributed by atoms with Crippen molar-refractivity contribution in [2.45, 2.75) is 63.6 Å². The highest BCUT2D eigenvalue weighted by Crippen LogP contribution is 2.57. The van der Waals surface area contributed by atoms with Crippen LogP contribution in [0.2, 0.25) is 0 Å². The van der Waals surface area contributed by atoms with E-state index in [1.54, 1.807) is 0 Å². The van der Waals surface area contributed by atoms with Crippen LogP contribution in [0, 0.1) is 5.41 Å². The van der Waals surface area contributed by atoms with Gasteiger partial charge in [0.25, 0.3) is 0 Å².